The quantitative estimate of drug-likeness (QED) is 0.592. The Kier molecular flexibility index (Phi) is 7.02. The Morgan fingerprint density at radius 3 is 2.65 bits per heavy atom. The highest BCUT2D eigenvalue weighted by molar-refractivity contribution is 9.10. The van der Waals surface area contributed by atoms with Crippen LogP contribution in [0.15, 0.2) is 28.9 Å². The summed E-state index contributed by atoms with van der Waals surface area (Å²) in [6.45, 7) is 2.71. The minimum Gasteiger partial charge on any atom is -0.453 e. The fourth-order valence-electron chi connectivity index (χ4n) is 2.38. The van der Waals surface area contributed by atoms with Gasteiger partial charge in [0.15, 0.2) is 0 Å². The Morgan fingerprint density at radius 1 is 1.35 bits per heavy atom. The van der Waals surface area contributed by atoms with Crippen LogP contribution in [-0.2, 0) is 16.1 Å². The number of rotatable bonds is 7. The molecule has 0 saturated heterocycles. The van der Waals surface area contributed by atoms with Gasteiger partial charge >= 0.3 is 6.09 Å². The molecule has 1 aromatic heterocycles. The zero-order valence-corrected chi connectivity index (χ0v) is 16.3. The molecule has 0 aliphatic rings. The minimum atomic E-state index is -0.638. The number of anilines is 1. The van der Waals surface area contributed by atoms with Gasteiger partial charge in [0.05, 0.1) is 13.7 Å². The number of ether oxygens (including phenoxy) is 1. The lowest BCUT2D eigenvalue weighted by molar-refractivity contribution is -0.130. The number of amides is 2. The fourth-order valence-corrected chi connectivity index (χ4v) is 2.93. The predicted molar refractivity (Wildman–Crippen MR) is 102 cm³/mol. The molecule has 26 heavy (non-hydrogen) atoms. The van der Waals surface area contributed by atoms with E-state index in [4.69, 9.17) is 5.73 Å². The highest BCUT2D eigenvalue weighted by Crippen LogP contribution is 2.27. The third-order valence-corrected chi connectivity index (χ3v) is 4.22. The van der Waals surface area contributed by atoms with E-state index in [9.17, 15) is 9.59 Å². The average Bonchev–Trinajstić information content (AvgIpc) is 3.00. The smallest absolute Gasteiger partial charge is 0.407 e. The third kappa shape index (κ3) is 5.22. The van der Waals surface area contributed by atoms with Gasteiger partial charge in [0.1, 0.15) is 22.7 Å². The number of nitrogens with zero attached hydrogens (tertiary/aromatic N) is 2. The average molecular weight is 424 g/mol. The van der Waals surface area contributed by atoms with Crippen LogP contribution in [0.2, 0.25) is 0 Å². The largest absolute Gasteiger partial charge is 0.453 e. The van der Waals surface area contributed by atoms with E-state index in [1.165, 1.54) is 7.11 Å². The van der Waals surface area contributed by atoms with Gasteiger partial charge in [0.25, 0.3) is 0 Å². The van der Waals surface area contributed by atoms with Crippen LogP contribution in [-0.4, -0.2) is 47.1 Å². The van der Waals surface area contributed by atoms with E-state index in [1.807, 2.05) is 31.2 Å². The van der Waals surface area contributed by atoms with Crippen molar-refractivity contribution in [2.24, 2.45) is 0 Å². The summed E-state index contributed by atoms with van der Waals surface area (Å²) in [6.07, 6.45) is 0.151. The zero-order valence-electron chi connectivity index (χ0n) is 14.7. The molecule has 2 rings (SSSR count). The first-order chi connectivity index (χ1) is 12.4. The minimum absolute atomic E-state index is 0.126. The van der Waals surface area contributed by atoms with Crippen molar-refractivity contribution in [2.45, 2.75) is 19.9 Å². The maximum atomic E-state index is 12.3. The van der Waals surface area contributed by atoms with Gasteiger partial charge in [-0.1, -0.05) is 19.1 Å². The lowest BCUT2D eigenvalue weighted by atomic mass is 10.1. The number of carbonyl (C=O) groups excluding carboxylic acids is 2. The number of nitrogen functional groups attached to an aromatic ring is 1. The second kappa shape index (κ2) is 9.23. The number of H-pyrrole nitrogens is 1. The number of nitrogens with one attached hydrogen (secondary N) is 2. The summed E-state index contributed by atoms with van der Waals surface area (Å²) in [4.78, 5) is 32.8. The van der Waals surface area contributed by atoms with E-state index in [2.05, 4.69) is 36.0 Å². The van der Waals surface area contributed by atoms with Gasteiger partial charge in [-0.05, 0) is 34.5 Å². The van der Waals surface area contributed by atoms with E-state index in [1.54, 1.807) is 4.90 Å². The van der Waals surface area contributed by atoms with E-state index < -0.39 is 6.09 Å². The van der Waals surface area contributed by atoms with Crippen LogP contribution in [0.3, 0.4) is 0 Å². The number of methoxy groups -OCH3 is 1. The molecule has 140 valence electrons. The number of aromatic nitrogens is 2. The van der Waals surface area contributed by atoms with E-state index in [0.717, 1.165) is 22.3 Å². The molecule has 0 spiro atoms. The normalized spacial score (nSPS) is 10.4. The van der Waals surface area contributed by atoms with E-state index in [0.29, 0.717) is 24.6 Å². The Balaban J connectivity index is 2.11. The van der Waals surface area contributed by atoms with Crippen LogP contribution in [0, 0.1) is 0 Å². The van der Waals surface area contributed by atoms with Crippen LogP contribution in [0.4, 0.5) is 10.5 Å². The standard InChI is InChI=1S/C17H22BrN5O3/c1-3-8-23(14(24)9-20-17(25)26-2)10-13-21-15(16(18)22-13)11-4-6-12(19)7-5-11/h4-7H,3,8-10,19H2,1-2H3,(H,20,25)(H,21,22). The molecule has 2 amide bonds. The topological polar surface area (TPSA) is 113 Å². The highest BCUT2D eigenvalue weighted by Gasteiger charge is 2.18. The predicted octanol–water partition coefficient (Wildman–Crippen LogP) is 2.52. The Labute approximate surface area is 160 Å². The van der Waals surface area contributed by atoms with Crippen LogP contribution in [0.5, 0.6) is 0 Å². The zero-order chi connectivity index (χ0) is 19.1. The van der Waals surface area contributed by atoms with Crippen LogP contribution in [0.1, 0.15) is 19.2 Å². The molecule has 0 fully saturated rings. The van der Waals surface area contributed by atoms with Crippen molar-refractivity contribution in [1.82, 2.24) is 20.2 Å². The number of aromatic amines is 1. The second-order valence-electron chi connectivity index (χ2n) is 5.63. The summed E-state index contributed by atoms with van der Waals surface area (Å²) >= 11 is 3.47. The molecule has 1 aromatic carbocycles. The molecular weight excluding hydrogens is 402 g/mol. The lowest BCUT2D eigenvalue weighted by Gasteiger charge is -2.21. The van der Waals surface area contributed by atoms with Crippen molar-refractivity contribution in [3.63, 3.8) is 0 Å². The van der Waals surface area contributed by atoms with Crippen molar-refractivity contribution < 1.29 is 14.3 Å². The van der Waals surface area contributed by atoms with Gasteiger partial charge in [-0.25, -0.2) is 9.78 Å². The van der Waals surface area contributed by atoms with Gasteiger partial charge in [0, 0.05) is 17.8 Å². The monoisotopic (exact) mass is 423 g/mol. The molecule has 0 aliphatic heterocycles. The molecular formula is C17H22BrN5O3. The van der Waals surface area contributed by atoms with Crippen molar-refractivity contribution in [2.75, 3.05) is 25.9 Å². The lowest BCUT2D eigenvalue weighted by Crippen LogP contribution is -2.40. The van der Waals surface area contributed by atoms with Gasteiger partial charge in [-0.3, -0.25) is 4.79 Å². The molecule has 0 aliphatic carbocycles. The molecule has 0 unspecified atom stereocenters. The maximum absolute atomic E-state index is 12.3. The SMILES string of the molecule is CCCN(Cc1nc(-c2ccc(N)cc2)c(Br)[nH]1)C(=O)CNC(=O)OC. The van der Waals surface area contributed by atoms with Crippen molar-refractivity contribution >= 4 is 33.6 Å². The number of hydrogen-bond donors (Lipinski definition) is 3. The number of alkyl carbamates (subject to hydrolysis) is 1. The van der Waals surface area contributed by atoms with Crippen molar-refractivity contribution in [3.05, 3.63) is 34.7 Å². The first kappa shape index (κ1) is 19.8. The summed E-state index contributed by atoms with van der Waals surface area (Å²) in [7, 11) is 1.25. The maximum Gasteiger partial charge on any atom is 0.407 e. The van der Waals surface area contributed by atoms with Gasteiger partial charge < -0.3 is 25.7 Å². The Morgan fingerprint density at radius 2 is 2.04 bits per heavy atom. The summed E-state index contributed by atoms with van der Waals surface area (Å²) < 4.78 is 5.21. The molecule has 9 heteroatoms. The summed E-state index contributed by atoms with van der Waals surface area (Å²) in [5, 5.41) is 2.40. The second-order valence-corrected chi connectivity index (χ2v) is 6.42. The number of imidazole rings is 1. The first-order valence-corrected chi connectivity index (χ1v) is 8.93. The molecule has 0 bridgehead atoms. The summed E-state index contributed by atoms with van der Waals surface area (Å²) in [5.41, 5.74) is 8.05. The van der Waals surface area contributed by atoms with E-state index >= 15 is 0 Å². The third-order valence-electron chi connectivity index (χ3n) is 3.65. The Bertz CT molecular complexity index is 760. The fraction of sp³-hybridized carbons (Fsp3) is 0.353. The van der Waals surface area contributed by atoms with Crippen molar-refractivity contribution in [3.8, 4) is 11.3 Å². The molecule has 0 radical (unpaired) electrons. The summed E-state index contributed by atoms with van der Waals surface area (Å²) in [6, 6.07) is 7.38. The van der Waals surface area contributed by atoms with Crippen LogP contribution in [0.25, 0.3) is 11.3 Å². The van der Waals surface area contributed by atoms with E-state index in [-0.39, 0.29) is 12.5 Å². The van der Waals surface area contributed by atoms with Gasteiger partial charge in [-0.2, -0.15) is 0 Å². The number of carbonyl (C=O) groups is 2. The molecule has 4 N–H and O–H groups in total. The summed E-state index contributed by atoms with van der Waals surface area (Å²) in [5.74, 6) is 0.433. The number of nitrogens with two attached hydrogens (primary N) is 1. The van der Waals surface area contributed by atoms with Crippen molar-refractivity contribution in [1.29, 1.82) is 0 Å². The molecule has 1 heterocycles. The Hall–Kier alpha value is -2.55. The van der Waals surface area contributed by atoms with Crippen LogP contribution >= 0.6 is 15.9 Å². The first-order valence-electron chi connectivity index (χ1n) is 8.14. The number of halogens is 1. The molecule has 0 saturated carbocycles. The molecule has 2 aromatic rings. The number of hydrogen-bond acceptors (Lipinski definition) is 5. The number of benzene rings is 1. The van der Waals surface area contributed by atoms with Crippen LogP contribution < -0.4 is 11.1 Å². The highest BCUT2D eigenvalue weighted by atomic mass is 79.9. The van der Waals surface area contributed by atoms with Gasteiger partial charge in [-0.15, -0.1) is 0 Å². The molecule has 0 atom stereocenters. The molecule has 8 nitrogen and oxygen atoms in total. The van der Waals surface area contributed by atoms with Gasteiger partial charge in [0.2, 0.25) is 5.91 Å².